The minimum absolute atomic E-state index is 0.207. The Morgan fingerprint density at radius 2 is 2.17 bits per heavy atom. The van der Waals surface area contributed by atoms with Crippen molar-refractivity contribution in [2.75, 3.05) is 18.5 Å². The molecule has 5 nitrogen and oxygen atoms in total. The van der Waals surface area contributed by atoms with Crippen molar-refractivity contribution in [2.45, 2.75) is 13.3 Å². The number of ether oxygens (including phenoxy) is 1. The van der Waals surface area contributed by atoms with Crippen molar-refractivity contribution in [1.29, 1.82) is 0 Å². The summed E-state index contributed by atoms with van der Waals surface area (Å²) in [4.78, 5) is 22.3. The number of hydrogen-bond donors (Lipinski definition) is 2. The van der Waals surface area contributed by atoms with E-state index in [0.717, 1.165) is 0 Å². The van der Waals surface area contributed by atoms with Gasteiger partial charge in [0.15, 0.2) is 0 Å². The standard InChI is InChI=1S/C12H15ClN2O3/c1-2-18-11(16)5-6-15-10-7-8(13)3-4-9(10)12(14)17/h3-4,7,15H,2,5-6H2,1H3,(H2,14,17). The maximum atomic E-state index is 11.2. The van der Waals surface area contributed by atoms with E-state index in [1.54, 1.807) is 19.1 Å². The van der Waals surface area contributed by atoms with Gasteiger partial charge in [0, 0.05) is 17.3 Å². The number of nitrogens with two attached hydrogens (primary N) is 1. The monoisotopic (exact) mass is 270 g/mol. The summed E-state index contributed by atoms with van der Waals surface area (Å²) >= 11 is 5.83. The van der Waals surface area contributed by atoms with Crippen LogP contribution in [0.15, 0.2) is 18.2 Å². The summed E-state index contributed by atoms with van der Waals surface area (Å²) < 4.78 is 4.78. The Hall–Kier alpha value is -1.75. The number of anilines is 1. The average molecular weight is 271 g/mol. The Morgan fingerprint density at radius 3 is 2.78 bits per heavy atom. The molecule has 0 heterocycles. The van der Waals surface area contributed by atoms with Crippen LogP contribution in [0, 0.1) is 0 Å². The van der Waals surface area contributed by atoms with E-state index >= 15 is 0 Å². The summed E-state index contributed by atoms with van der Waals surface area (Å²) in [6.07, 6.45) is 0.207. The second kappa shape index (κ2) is 6.86. The van der Waals surface area contributed by atoms with Crippen molar-refractivity contribution >= 4 is 29.2 Å². The van der Waals surface area contributed by atoms with Crippen molar-refractivity contribution in [1.82, 2.24) is 0 Å². The zero-order valence-electron chi connectivity index (χ0n) is 10.0. The van der Waals surface area contributed by atoms with Crippen molar-refractivity contribution < 1.29 is 14.3 Å². The van der Waals surface area contributed by atoms with Crippen molar-refractivity contribution in [3.8, 4) is 0 Å². The highest BCUT2D eigenvalue weighted by Crippen LogP contribution is 2.20. The number of halogens is 1. The lowest BCUT2D eigenvalue weighted by molar-refractivity contribution is -0.142. The van der Waals surface area contributed by atoms with Gasteiger partial charge in [-0.3, -0.25) is 9.59 Å². The first kappa shape index (κ1) is 14.3. The molecule has 3 N–H and O–H groups in total. The normalized spacial score (nSPS) is 9.89. The Kier molecular flexibility index (Phi) is 5.45. The molecule has 1 rings (SSSR count). The van der Waals surface area contributed by atoms with Gasteiger partial charge in [-0.15, -0.1) is 0 Å². The molecule has 1 aromatic rings. The Labute approximate surface area is 110 Å². The van der Waals surface area contributed by atoms with E-state index in [0.29, 0.717) is 29.4 Å². The van der Waals surface area contributed by atoms with Gasteiger partial charge >= 0.3 is 5.97 Å². The van der Waals surface area contributed by atoms with Crippen LogP contribution in [0.3, 0.4) is 0 Å². The van der Waals surface area contributed by atoms with Crippen molar-refractivity contribution in [3.63, 3.8) is 0 Å². The van der Waals surface area contributed by atoms with Crippen LogP contribution in [0.4, 0.5) is 5.69 Å². The number of hydrogen-bond acceptors (Lipinski definition) is 4. The van der Waals surface area contributed by atoms with Crippen LogP contribution in [0.1, 0.15) is 23.7 Å². The first-order chi connectivity index (χ1) is 8.54. The molecule has 0 aliphatic carbocycles. The van der Waals surface area contributed by atoms with E-state index in [9.17, 15) is 9.59 Å². The van der Waals surface area contributed by atoms with Gasteiger partial charge in [-0.2, -0.15) is 0 Å². The maximum Gasteiger partial charge on any atom is 0.307 e. The van der Waals surface area contributed by atoms with Gasteiger partial charge in [0.2, 0.25) is 0 Å². The Balaban J connectivity index is 2.63. The molecule has 0 fully saturated rings. The minimum atomic E-state index is -0.551. The quantitative estimate of drug-likeness (QED) is 0.773. The molecule has 0 atom stereocenters. The largest absolute Gasteiger partial charge is 0.466 e. The molecule has 0 aromatic heterocycles. The summed E-state index contributed by atoms with van der Waals surface area (Å²) in [6, 6.07) is 4.71. The molecule has 98 valence electrons. The van der Waals surface area contributed by atoms with Gasteiger partial charge in [0.25, 0.3) is 5.91 Å². The lowest BCUT2D eigenvalue weighted by atomic mass is 10.1. The molecular weight excluding hydrogens is 256 g/mol. The Bertz CT molecular complexity index is 449. The zero-order chi connectivity index (χ0) is 13.5. The number of primary amides is 1. The molecule has 0 aliphatic heterocycles. The fourth-order valence-electron chi connectivity index (χ4n) is 1.41. The van der Waals surface area contributed by atoms with Crippen molar-refractivity contribution in [3.05, 3.63) is 28.8 Å². The van der Waals surface area contributed by atoms with Crippen LogP contribution < -0.4 is 11.1 Å². The van der Waals surface area contributed by atoms with E-state index in [1.807, 2.05) is 0 Å². The predicted molar refractivity (Wildman–Crippen MR) is 69.7 cm³/mol. The molecule has 0 spiro atoms. The van der Waals surface area contributed by atoms with E-state index in [1.165, 1.54) is 6.07 Å². The molecule has 0 saturated carbocycles. The highest BCUT2D eigenvalue weighted by atomic mass is 35.5. The maximum absolute atomic E-state index is 11.2. The Morgan fingerprint density at radius 1 is 1.44 bits per heavy atom. The number of carbonyl (C=O) groups is 2. The highest BCUT2D eigenvalue weighted by molar-refractivity contribution is 6.31. The first-order valence-electron chi connectivity index (χ1n) is 5.53. The smallest absolute Gasteiger partial charge is 0.307 e. The number of amides is 1. The second-order valence-corrected chi connectivity index (χ2v) is 3.97. The summed E-state index contributed by atoms with van der Waals surface area (Å²) in [5.41, 5.74) is 6.08. The molecule has 0 radical (unpaired) electrons. The fourth-order valence-corrected chi connectivity index (χ4v) is 1.58. The second-order valence-electron chi connectivity index (χ2n) is 3.54. The third-order valence-corrected chi connectivity index (χ3v) is 2.43. The molecule has 1 amide bonds. The van der Waals surface area contributed by atoms with Crippen LogP contribution in [-0.2, 0) is 9.53 Å². The van der Waals surface area contributed by atoms with Gasteiger partial charge in [-0.05, 0) is 25.1 Å². The van der Waals surface area contributed by atoms with E-state index in [4.69, 9.17) is 22.1 Å². The highest BCUT2D eigenvalue weighted by Gasteiger charge is 2.09. The van der Waals surface area contributed by atoms with Gasteiger partial charge in [0.1, 0.15) is 0 Å². The number of nitrogens with one attached hydrogen (secondary N) is 1. The summed E-state index contributed by atoms with van der Waals surface area (Å²) in [6.45, 7) is 2.44. The summed E-state index contributed by atoms with van der Waals surface area (Å²) in [5, 5.41) is 3.42. The topological polar surface area (TPSA) is 81.4 Å². The number of rotatable bonds is 6. The number of esters is 1. The summed E-state index contributed by atoms with van der Waals surface area (Å²) in [5.74, 6) is -0.849. The molecule has 1 aromatic carbocycles. The molecule has 6 heteroatoms. The molecule has 0 unspecified atom stereocenters. The number of carbonyl (C=O) groups excluding carboxylic acids is 2. The molecule has 0 bridgehead atoms. The molecule has 0 aliphatic rings. The molecule has 0 saturated heterocycles. The first-order valence-corrected chi connectivity index (χ1v) is 5.91. The van der Waals surface area contributed by atoms with Crippen LogP contribution in [-0.4, -0.2) is 25.0 Å². The summed E-state index contributed by atoms with van der Waals surface area (Å²) in [7, 11) is 0. The number of benzene rings is 1. The van der Waals surface area contributed by atoms with Gasteiger partial charge in [-0.1, -0.05) is 11.6 Å². The van der Waals surface area contributed by atoms with Crippen LogP contribution in [0.2, 0.25) is 5.02 Å². The predicted octanol–water partition coefficient (Wildman–Crippen LogP) is 1.80. The SMILES string of the molecule is CCOC(=O)CCNc1cc(Cl)ccc1C(N)=O. The van der Waals surface area contributed by atoms with Crippen molar-refractivity contribution in [2.24, 2.45) is 5.73 Å². The zero-order valence-corrected chi connectivity index (χ0v) is 10.8. The van der Waals surface area contributed by atoms with Crippen LogP contribution >= 0.6 is 11.6 Å². The molecular formula is C12H15ClN2O3. The average Bonchev–Trinajstić information content (AvgIpc) is 2.29. The lowest BCUT2D eigenvalue weighted by Crippen LogP contribution is -2.16. The van der Waals surface area contributed by atoms with Gasteiger partial charge in [0.05, 0.1) is 18.6 Å². The lowest BCUT2D eigenvalue weighted by Gasteiger charge is -2.10. The van der Waals surface area contributed by atoms with Crippen LogP contribution in [0.25, 0.3) is 0 Å². The van der Waals surface area contributed by atoms with Crippen LogP contribution in [0.5, 0.6) is 0 Å². The van der Waals surface area contributed by atoms with Gasteiger partial charge < -0.3 is 15.8 Å². The van der Waals surface area contributed by atoms with Gasteiger partial charge in [-0.25, -0.2) is 0 Å². The third kappa shape index (κ3) is 4.25. The van der Waals surface area contributed by atoms with E-state index in [-0.39, 0.29) is 12.4 Å². The minimum Gasteiger partial charge on any atom is -0.466 e. The molecule has 18 heavy (non-hydrogen) atoms. The van der Waals surface area contributed by atoms with E-state index < -0.39 is 5.91 Å². The van der Waals surface area contributed by atoms with E-state index in [2.05, 4.69) is 5.32 Å². The fraction of sp³-hybridized carbons (Fsp3) is 0.333. The third-order valence-electron chi connectivity index (χ3n) is 2.20.